The van der Waals surface area contributed by atoms with E-state index in [0.29, 0.717) is 0 Å². The number of methoxy groups -OCH3 is 1. The molecule has 0 saturated heterocycles. The van der Waals surface area contributed by atoms with Crippen LogP contribution in [0.5, 0.6) is 0 Å². The fourth-order valence-electron chi connectivity index (χ4n) is 3.50. The summed E-state index contributed by atoms with van der Waals surface area (Å²) in [5.41, 5.74) is 2.45. The molecule has 3 aliphatic rings. The lowest BCUT2D eigenvalue weighted by molar-refractivity contribution is -0.138. The average molecular weight is 346 g/mol. The number of carboxylic acid groups (broad SMARTS) is 1. The Balaban J connectivity index is 1.53. The molecule has 0 fully saturated rings. The van der Waals surface area contributed by atoms with Crippen LogP contribution in [-0.2, 0) is 14.3 Å². The van der Waals surface area contributed by atoms with E-state index >= 15 is 0 Å². The highest BCUT2D eigenvalue weighted by Crippen LogP contribution is 2.28. The van der Waals surface area contributed by atoms with Gasteiger partial charge in [0.15, 0.2) is 6.35 Å². The highest BCUT2D eigenvalue weighted by Gasteiger charge is 2.25. The maximum atomic E-state index is 10.9. The van der Waals surface area contributed by atoms with Crippen LogP contribution >= 0.6 is 0 Å². The van der Waals surface area contributed by atoms with Crippen LogP contribution in [0.15, 0.2) is 47.7 Å². The predicted molar refractivity (Wildman–Crippen MR) is 94.6 cm³/mol. The van der Waals surface area contributed by atoms with Crippen LogP contribution in [0.4, 0.5) is 0 Å². The summed E-state index contributed by atoms with van der Waals surface area (Å²) in [5, 5.41) is 15.4. The fraction of sp³-hybridized carbons (Fsp3) is 0.526. The highest BCUT2D eigenvalue weighted by molar-refractivity contribution is 5.67. The molecule has 2 aliphatic carbocycles. The molecule has 6 nitrogen and oxygen atoms in total. The molecule has 0 aromatic carbocycles. The van der Waals surface area contributed by atoms with Crippen LogP contribution in [-0.4, -0.2) is 43.3 Å². The molecule has 1 heterocycles. The lowest BCUT2D eigenvalue weighted by Crippen LogP contribution is -2.46. The van der Waals surface area contributed by atoms with Crippen molar-refractivity contribution in [3.8, 4) is 0 Å². The number of hydrogen-bond donors (Lipinski definition) is 3. The molecule has 4 unspecified atom stereocenters. The van der Waals surface area contributed by atoms with Gasteiger partial charge in [0.1, 0.15) is 0 Å². The van der Waals surface area contributed by atoms with Gasteiger partial charge in [-0.25, -0.2) is 0 Å². The largest absolute Gasteiger partial charge is 0.481 e. The second-order valence-corrected chi connectivity index (χ2v) is 6.67. The molecule has 1 aliphatic heterocycles. The third kappa shape index (κ3) is 5.04. The van der Waals surface area contributed by atoms with Crippen molar-refractivity contribution < 1.29 is 19.4 Å². The van der Waals surface area contributed by atoms with Crippen molar-refractivity contribution in [1.29, 1.82) is 0 Å². The second kappa shape index (κ2) is 8.47. The van der Waals surface area contributed by atoms with Crippen LogP contribution in [0.3, 0.4) is 0 Å². The van der Waals surface area contributed by atoms with Gasteiger partial charge in [-0.15, -0.1) is 0 Å². The van der Waals surface area contributed by atoms with Gasteiger partial charge in [-0.2, -0.15) is 0 Å². The number of nitrogens with one attached hydrogen (secondary N) is 2. The first-order chi connectivity index (χ1) is 12.1. The van der Waals surface area contributed by atoms with E-state index < -0.39 is 5.97 Å². The summed E-state index contributed by atoms with van der Waals surface area (Å²) < 4.78 is 11.5. The van der Waals surface area contributed by atoms with Gasteiger partial charge in [-0.3, -0.25) is 10.1 Å². The lowest BCUT2D eigenvalue weighted by Gasteiger charge is -2.30. The smallest absolute Gasteiger partial charge is 0.303 e. The van der Waals surface area contributed by atoms with Crippen LogP contribution in [0, 0.1) is 5.92 Å². The molecule has 6 heteroatoms. The van der Waals surface area contributed by atoms with Gasteiger partial charge in [0.05, 0.1) is 18.6 Å². The number of rotatable bonds is 6. The summed E-state index contributed by atoms with van der Waals surface area (Å²) in [5.74, 6) is -0.684. The van der Waals surface area contributed by atoms with Crippen molar-refractivity contribution >= 4 is 5.97 Å². The number of hydrogen-bond acceptors (Lipinski definition) is 5. The molecule has 0 spiro atoms. The molecule has 0 radical (unpaired) electrons. The predicted octanol–water partition coefficient (Wildman–Crippen LogP) is 2.07. The minimum absolute atomic E-state index is 0.0306. The topological polar surface area (TPSA) is 79.8 Å². The Hall–Kier alpha value is -1.89. The second-order valence-electron chi connectivity index (χ2n) is 6.67. The van der Waals surface area contributed by atoms with Crippen molar-refractivity contribution in [2.24, 2.45) is 5.92 Å². The Bertz CT molecular complexity index is 609. The zero-order valence-corrected chi connectivity index (χ0v) is 14.5. The summed E-state index contributed by atoms with van der Waals surface area (Å²) in [6.07, 6.45) is 14.9. The first-order valence-corrected chi connectivity index (χ1v) is 8.77. The number of carbonyl (C=O) groups is 1. The van der Waals surface area contributed by atoms with E-state index in [-0.39, 0.29) is 30.9 Å². The first-order valence-electron chi connectivity index (χ1n) is 8.77. The molecule has 0 saturated carbocycles. The Morgan fingerprint density at radius 2 is 2.24 bits per heavy atom. The van der Waals surface area contributed by atoms with Gasteiger partial charge in [-0.05, 0) is 29.9 Å². The molecule has 0 bridgehead atoms. The van der Waals surface area contributed by atoms with E-state index in [4.69, 9.17) is 14.6 Å². The van der Waals surface area contributed by atoms with Crippen molar-refractivity contribution in [3.05, 3.63) is 47.7 Å². The molecular formula is C19H26N2O4. The maximum Gasteiger partial charge on any atom is 0.303 e. The standard InChI is InChI=1S/C19H26N2O4/c1-24-19-20-11-15(12-21-19)14-5-3-7-17(10-14)25-16-6-2-4-13(8-16)9-18(22)23/h2-5,7,11,13,16-17,19-21H,6,8-10,12H2,1H3,(H,22,23). The van der Waals surface area contributed by atoms with Crippen LogP contribution in [0.25, 0.3) is 0 Å². The van der Waals surface area contributed by atoms with Gasteiger partial charge >= 0.3 is 5.97 Å². The summed E-state index contributed by atoms with van der Waals surface area (Å²) in [4.78, 5) is 10.9. The summed E-state index contributed by atoms with van der Waals surface area (Å²) in [6, 6.07) is 0. The summed E-state index contributed by atoms with van der Waals surface area (Å²) in [6.45, 7) is 0.755. The monoisotopic (exact) mass is 346 g/mol. The number of aliphatic carboxylic acids is 1. The average Bonchev–Trinajstić information content (AvgIpc) is 2.62. The molecule has 136 valence electrons. The summed E-state index contributed by atoms with van der Waals surface area (Å²) in [7, 11) is 1.66. The molecule has 3 N–H and O–H groups in total. The Kier molecular flexibility index (Phi) is 6.07. The van der Waals surface area contributed by atoms with E-state index in [0.717, 1.165) is 25.8 Å². The Labute approximate surface area is 148 Å². The molecule has 0 aromatic heterocycles. The van der Waals surface area contributed by atoms with Crippen molar-refractivity contribution in [1.82, 2.24) is 10.6 Å². The number of carboxylic acids is 1. The minimum Gasteiger partial charge on any atom is -0.481 e. The van der Waals surface area contributed by atoms with E-state index in [1.54, 1.807) is 7.11 Å². The fourth-order valence-corrected chi connectivity index (χ4v) is 3.50. The van der Waals surface area contributed by atoms with Crippen LogP contribution in [0.1, 0.15) is 25.7 Å². The van der Waals surface area contributed by atoms with Crippen molar-refractivity contribution in [2.45, 2.75) is 44.2 Å². The maximum absolute atomic E-state index is 10.9. The molecule has 0 aromatic rings. The lowest BCUT2D eigenvalue weighted by atomic mass is 9.90. The molecular weight excluding hydrogens is 320 g/mol. The van der Waals surface area contributed by atoms with E-state index in [1.165, 1.54) is 11.1 Å². The van der Waals surface area contributed by atoms with Gasteiger partial charge in [0, 0.05) is 26.3 Å². The third-order valence-corrected chi connectivity index (χ3v) is 4.76. The summed E-state index contributed by atoms with van der Waals surface area (Å²) >= 11 is 0. The molecule has 3 rings (SSSR count). The van der Waals surface area contributed by atoms with Crippen LogP contribution < -0.4 is 10.6 Å². The highest BCUT2D eigenvalue weighted by atomic mass is 16.5. The van der Waals surface area contributed by atoms with Crippen LogP contribution in [0.2, 0.25) is 0 Å². The number of ether oxygens (including phenoxy) is 2. The van der Waals surface area contributed by atoms with Gasteiger partial charge in [-0.1, -0.05) is 30.4 Å². The zero-order chi connectivity index (χ0) is 17.6. The Morgan fingerprint density at radius 3 is 2.96 bits per heavy atom. The quantitative estimate of drug-likeness (QED) is 0.639. The van der Waals surface area contributed by atoms with Gasteiger partial charge in [0.2, 0.25) is 0 Å². The van der Waals surface area contributed by atoms with E-state index in [9.17, 15) is 4.79 Å². The normalized spacial score (nSPS) is 31.9. The molecule has 25 heavy (non-hydrogen) atoms. The molecule has 0 amide bonds. The van der Waals surface area contributed by atoms with Gasteiger partial charge < -0.3 is 19.9 Å². The first kappa shape index (κ1) is 17.9. The van der Waals surface area contributed by atoms with Gasteiger partial charge in [0.25, 0.3) is 0 Å². The third-order valence-electron chi connectivity index (χ3n) is 4.76. The van der Waals surface area contributed by atoms with E-state index in [2.05, 4.69) is 22.8 Å². The van der Waals surface area contributed by atoms with E-state index in [1.807, 2.05) is 24.4 Å². The zero-order valence-electron chi connectivity index (χ0n) is 14.5. The SMILES string of the molecule is COC1NC=C(C2=CC=CC(OC3CC=CC(CC(=O)O)C3)C2)CN1. The Morgan fingerprint density at radius 1 is 1.36 bits per heavy atom. The number of allylic oxidation sites excluding steroid dienone is 3. The van der Waals surface area contributed by atoms with Crippen molar-refractivity contribution in [2.75, 3.05) is 13.7 Å². The minimum atomic E-state index is -0.753. The molecule has 4 atom stereocenters. The van der Waals surface area contributed by atoms with Crippen molar-refractivity contribution in [3.63, 3.8) is 0 Å².